The first kappa shape index (κ1) is 29.1. The zero-order valence-corrected chi connectivity index (χ0v) is 26.4. The lowest BCUT2D eigenvalue weighted by Gasteiger charge is -2.44. The summed E-state index contributed by atoms with van der Waals surface area (Å²) >= 11 is 3.73. The molecule has 40 heavy (non-hydrogen) atoms. The Morgan fingerprint density at radius 2 is 2.02 bits per heavy atom. The lowest BCUT2D eigenvalue weighted by atomic mass is 9.84. The number of morpholine rings is 1. The van der Waals surface area contributed by atoms with E-state index in [4.69, 9.17) is 14.5 Å². The lowest BCUT2D eigenvalue weighted by Crippen LogP contribution is -2.58. The van der Waals surface area contributed by atoms with Gasteiger partial charge in [-0.15, -0.1) is 0 Å². The first-order valence-electron chi connectivity index (χ1n) is 14.6. The fraction of sp³-hybridized carbons (Fsp3) is 0.562. The summed E-state index contributed by atoms with van der Waals surface area (Å²) in [6.45, 7) is 19.4. The second kappa shape index (κ2) is 11.8. The number of piperazine rings is 1. The van der Waals surface area contributed by atoms with Crippen molar-refractivity contribution in [2.75, 3.05) is 50.9 Å². The van der Waals surface area contributed by atoms with E-state index >= 15 is 0 Å². The molecule has 0 saturated carbocycles. The number of fused-ring (bicyclic) bond motifs is 2. The predicted molar refractivity (Wildman–Crippen MR) is 165 cm³/mol. The summed E-state index contributed by atoms with van der Waals surface area (Å²) in [4.78, 5) is 21.8. The van der Waals surface area contributed by atoms with Crippen molar-refractivity contribution in [2.45, 2.75) is 66.5 Å². The third kappa shape index (κ3) is 5.95. The van der Waals surface area contributed by atoms with Crippen LogP contribution in [0.2, 0.25) is 0 Å². The average molecular weight is 612 g/mol. The number of rotatable bonds is 8. The topological polar surface area (TPSA) is 59.8 Å². The standard InChI is InChI=1S/C32H43BrN4O3/c1-7-37-29-9-8-23(33)14-26(29)28(16-32(5,6)20-40-22(4)38)31(37)27-15-24(17-34-30(27)21(2)3)36-11-10-35-12-13-39-19-25(35)18-36/h8-9,14-15,17,21,25H,7,10-13,16,18-20H2,1-6H3/t25-/m0/s1. The molecule has 216 valence electrons. The van der Waals surface area contributed by atoms with Crippen LogP contribution in [-0.2, 0) is 27.2 Å². The number of pyridine rings is 1. The van der Waals surface area contributed by atoms with E-state index in [2.05, 4.69) is 95.4 Å². The van der Waals surface area contributed by atoms with Crippen LogP contribution in [0.25, 0.3) is 22.2 Å². The van der Waals surface area contributed by atoms with Crippen molar-refractivity contribution in [1.29, 1.82) is 0 Å². The summed E-state index contributed by atoms with van der Waals surface area (Å²) in [5, 5.41) is 1.23. The van der Waals surface area contributed by atoms with Gasteiger partial charge >= 0.3 is 5.97 Å². The Bertz CT molecular complexity index is 1380. The zero-order valence-electron chi connectivity index (χ0n) is 24.8. The fourth-order valence-corrected chi connectivity index (χ4v) is 6.67. The minimum absolute atomic E-state index is 0.240. The van der Waals surface area contributed by atoms with Gasteiger partial charge in [0.05, 0.1) is 49.1 Å². The minimum Gasteiger partial charge on any atom is -0.465 e. The molecule has 2 aliphatic rings. The van der Waals surface area contributed by atoms with Crippen molar-refractivity contribution in [1.82, 2.24) is 14.5 Å². The summed E-state index contributed by atoms with van der Waals surface area (Å²) in [7, 11) is 0. The maximum absolute atomic E-state index is 11.7. The van der Waals surface area contributed by atoms with Gasteiger partial charge in [0.15, 0.2) is 0 Å². The third-order valence-electron chi connectivity index (χ3n) is 8.28. The second-order valence-electron chi connectivity index (χ2n) is 12.3. The Morgan fingerprint density at radius 3 is 2.75 bits per heavy atom. The van der Waals surface area contributed by atoms with Gasteiger partial charge in [0.25, 0.3) is 0 Å². The van der Waals surface area contributed by atoms with Gasteiger partial charge in [-0.1, -0.05) is 43.6 Å². The maximum atomic E-state index is 11.7. The highest BCUT2D eigenvalue weighted by Gasteiger charge is 2.32. The van der Waals surface area contributed by atoms with E-state index < -0.39 is 0 Å². The molecule has 0 spiro atoms. The average Bonchev–Trinajstić information content (AvgIpc) is 3.22. The molecule has 1 atom stereocenters. The van der Waals surface area contributed by atoms with Gasteiger partial charge in [0.2, 0.25) is 0 Å². The molecule has 2 fully saturated rings. The molecule has 0 N–H and O–H groups in total. The van der Waals surface area contributed by atoms with Crippen molar-refractivity contribution >= 4 is 38.5 Å². The normalized spacial score (nSPS) is 18.4. The van der Waals surface area contributed by atoms with Crippen molar-refractivity contribution in [3.8, 4) is 11.3 Å². The number of benzene rings is 1. The molecule has 4 heterocycles. The number of aryl methyl sites for hydroxylation is 1. The Morgan fingerprint density at radius 1 is 1.23 bits per heavy atom. The molecule has 5 rings (SSSR count). The van der Waals surface area contributed by atoms with Crippen LogP contribution in [0.5, 0.6) is 0 Å². The summed E-state index contributed by atoms with van der Waals surface area (Å²) in [6, 6.07) is 9.36. The molecular weight excluding hydrogens is 568 g/mol. The Hall–Kier alpha value is -2.42. The van der Waals surface area contributed by atoms with Crippen LogP contribution in [0.3, 0.4) is 0 Å². The van der Waals surface area contributed by atoms with E-state index in [-0.39, 0.29) is 17.3 Å². The smallest absolute Gasteiger partial charge is 0.302 e. The Balaban J connectivity index is 1.65. The van der Waals surface area contributed by atoms with Crippen molar-refractivity contribution in [2.24, 2.45) is 5.41 Å². The number of esters is 1. The molecule has 0 bridgehead atoms. The van der Waals surface area contributed by atoms with E-state index in [0.717, 1.165) is 62.5 Å². The first-order valence-corrected chi connectivity index (χ1v) is 15.4. The largest absolute Gasteiger partial charge is 0.465 e. The fourth-order valence-electron chi connectivity index (χ4n) is 6.31. The highest BCUT2D eigenvalue weighted by atomic mass is 79.9. The van der Waals surface area contributed by atoms with Crippen LogP contribution in [0.4, 0.5) is 5.69 Å². The molecule has 2 aliphatic heterocycles. The number of carbonyl (C=O) groups is 1. The Labute approximate surface area is 247 Å². The van der Waals surface area contributed by atoms with Crippen LogP contribution >= 0.6 is 15.9 Å². The quantitative estimate of drug-likeness (QED) is 0.280. The summed E-state index contributed by atoms with van der Waals surface area (Å²) in [5.41, 5.74) is 6.96. The summed E-state index contributed by atoms with van der Waals surface area (Å²) in [6.07, 6.45) is 2.84. The highest BCUT2D eigenvalue weighted by molar-refractivity contribution is 9.10. The summed E-state index contributed by atoms with van der Waals surface area (Å²) < 4.78 is 14.8. The SMILES string of the molecule is CCn1c(-c2cc(N3CCN4CCOC[C@@H]4C3)cnc2C(C)C)c(CC(C)(C)COC(C)=O)c2cc(Br)ccc21. The molecule has 8 heteroatoms. The molecule has 7 nitrogen and oxygen atoms in total. The van der Waals surface area contributed by atoms with Crippen LogP contribution < -0.4 is 4.90 Å². The number of nitrogens with zero attached hydrogens (tertiary/aromatic N) is 4. The second-order valence-corrected chi connectivity index (χ2v) is 13.3. The number of hydrogen-bond donors (Lipinski definition) is 0. The van der Waals surface area contributed by atoms with Gasteiger partial charge in [0.1, 0.15) is 0 Å². The van der Waals surface area contributed by atoms with E-state index in [1.807, 2.05) is 0 Å². The number of anilines is 1. The molecule has 0 unspecified atom stereocenters. The molecule has 2 saturated heterocycles. The van der Waals surface area contributed by atoms with Crippen LogP contribution in [0, 0.1) is 5.41 Å². The van der Waals surface area contributed by atoms with Gasteiger partial charge in [0, 0.05) is 66.0 Å². The highest BCUT2D eigenvalue weighted by Crippen LogP contribution is 2.42. The van der Waals surface area contributed by atoms with Gasteiger partial charge in [-0.25, -0.2) is 0 Å². The van der Waals surface area contributed by atoms with Gasteiger partial charge in [-0.3, -0.25) is 14.7 Å². The van der Waals surface area contributed by atoms with Crippen LogP contribution in [0.1, 0.15) is 58.7 Å². The Kier molecular flexibility index (Phi) is 8.60. The van der Waals surface area contributed by atoms with E-state index in [1.54, 1.807) is 0 Å². The van der Waals surface area contributed by atoms with Crippen LogP contribution in [-0.4, -0.2) is 72.5 Å². The predicted octanol–water partition coefficient (Wildman–Crippen LogP) is 6.26. The van der Waals surface area contributed by atoms with Gasteiger partial charge in [-0.05, 0) is 49.1 Å². The van der Waals surface area contributed by atoms with E-state index in [9.17, 15) is 4.79 Å². The number of aromatic nitrogens is 2. The molecule has 0 aliphatic carbocycles. The van der Waals surface area contributed by atoms with Crippen molar-refractivity contribution in [3.63, 3.8) is 0 Å². The third-order valence-corrected chi connectivity index (χ3v) is 8.77. The van der Waals surface area contributed by atoms with Crippen molar-refractivity contribution < 1.29 is 14.3 Å². The molecule has 0 amide bonds. The molecule has 2 aromatic heterocycles. The van der Waals surface area contributed by atoms with Gasteiger partial charge in [-0.2, -0.15) is 0 Å². The number of halogens is 1. The van der Waals surface area contributed by atoms with Gasteiger partial charge < -0.3 is 18.9 Å². The number of hydrogen-bond acceptors (Lipinski definition) is 6. The number of ether oxygens (including phenoxy) is 2. The molecule has 1 aromatic carbocycles. The summed E-state index contributed by atoms with van der Waals surface area (Å²) in [5.74, 6) is 0.0269. The molecular formula is C32H43BrN4O3. The zero-order chi connectivity index (χ0) is 28.6. The lowest BCUT2D eigenvalue weighted by molar-refractivity contribution is -0.143. The molecule has 3 aromatic rings. The first-order chi connectivity index (χ1) is 19.1. The van der Waals surface area contributed by atoms with E-state index in [1.165, 1.54) is 40.3 Å². The maximum Gasteiger partial charge on any atom is 0.302 e. The molecule has 0 radical (unpaired) electrons. The minimum atomic E-state index is -0.241. The van der Waals surface area contributed by atoms with Crippen LogP contribution in [0.15, 0.2) is 34.9 Å². The van der Waals surface area contributed by atoms with Crippen molar-refractivity contribution in [3.05, 3.63) is 46.2 Å². The number of carbonyl (C=O) groups excluding carboxylic acids is 1. The monoisotopic (exact) mass is 610 g/mol. The van der Waals surface area contributed by atoms with E-state index in [0.29, 0.717) is 12.6 Å².